The number of ether oxygens (including phenoxy) is 2. The van der Waals surface area contributed by atoms with Crippen molar-refractivity contribution in [2.45, 2.75) is 52.2 Å². The molecule has 132 valence electrons. The molecule has 2 atom stereocenters. The fraction of sp³-hybridized carbons (Fsp3) is 0.571. The number of hydroxylamine groups is 2. The number of carbonyl (C=O) groups is 6. The molecule has 0 bridgehead atoms. The van der Waals surface area contributed by atoms with Crippen LogP contribution < -0.4 is 0 Å². The lowest BCUT2D eigenvalue weighted by Crippen LogP contribution is -2.39. The Morgan fingerprint density at radius 1 is 1.04 bits per heavy atom. The highest BCUT2D eigenvalue weighted by Crippen LogP contribution is 2.14. The van der Waals surface area contributed by atoms with Gasteiger partial charge in [-0.2, -0.15) is 0 Å². The number of Topliss-reactive ketones (excluding diaryl/α,β-unsaturated/α-hetero) is 1. The van der Waals surface area contributed by atoms with E-state index in [0.29, 0.717) is 0 Å². The van der Waals surface area contributed by atoms with Crippen LogP contribution in [0.15, 0.2) is 0 Å². The molecular weight excluding hydrogens is 326 g/mol. The number of carbonyl (C=O) groups excluding carboxylic acids is 6. The molecule has 1 aliphatic rings. The van der Waals surface area contributed by atoms with Gasteiger partial charge >= 0.3 is 17.9 Å². The first-order valence-electron chi connectivity index (χ1n) is 7.06. The van der Waals surface area contributed by atoms with Gasteiger partial charge in [0.05, 0.1) is 6.42 Å². The van der Waals surface area contributed by atoms with Gasteiger partial charge in [0, 0.05) is 19.8 Å². The molecule has 24 heavy (non-hydrogen) atoms. The van der Waals surface area contributed by atoms with Crippen molar-refractivity contribution in [3.8, 4) is 0 Å². The first-order chi connectivity index (χ1) is 11.1. The predicted octanol–water partition coefficient (Wildman–Crippen LogP) is -0.564. The van der Waals surface area contributed by atoms with Crippen molar-refractivity contribution in [2.75, 3.05) is 0 Å². The second-order valence-corrected chi connectivity index (χ2v) is 5.04. The quantitative estimate of drug-likeness (QED) is 0.440. The standard InChI is InChI=1S/C14H17NO9/c1-7(16)8(2)22-13(20)6-10(23-9(3)17)14(21)24-15-11(18)4-5-12(15)19/h8,10H,4-6H2,1-3H3/t8-,10-/m0/s1. The van der Waals surface area contributed by atoms with E-state index in [9.17, 15) is 28.8 Å². The molecule has 0 N–H and O–H groups in total. The Labute approximate surface area is 137 Å². The van der Waals surface area contributed by atoms with Gasteiger partial charge in [-0.05, 0) is 13.8 Å². The fourth-order valence-corrected chi connectivity index (χ4v) is 1.66. The second-order valence-electron chi connectivity index (χ2n) is 5.04. The van der Waals surface area contributed by atoms with Crippen LogP contribution in [0.2, 0.25) is 0 Å². The largest absolute Gasteiger partial charge is 0.455 e. The predicted molar refractivity (Wildman–Crippen MR) is 73.6 cm³/mol. The SMILES string of the molecule is CC(=O)O[C@@H](CC(=O)O[C@@H](C)C(C)=O)C(=O)ON1C(=O)CCC1=O. The van der Waals surface area contributed by atoms with Gasteiger partial charge in [-0.3, -0.25) is 24.0 Å². The third kappa shape index (κ3) is 5.45. The molecule has 0 aromatic rings. The topological polar surface area (TPSA) is 133 Å². The highest BCUT2D eigenvalue weighted by atomic mass is 16.7. The summed E-state index contributed by atoms with van der Waals surface area (Å²) in [5.41, 5.74) is 0. The van der Waals surface area contributed by atoms with Crippen LogP contribution in [0.5, 0.6) is 0 Å². The van der Waals surface area contributed by atoms with Crippen LogP contribution in [0, 0.1) is 0 Å². The minimum atomic E-state index is -1.71. The molecule has 10 heteroatoms. The van der Waals surface area contributed by atoms with E-state index in [1.807, 2.05) is 0 Å². The van der Waals surface area contributed by atoms with E-state index in [0.717, 1.165) is 6.92 Å². The summed E-state index contributed by atoms with van der Waals surface area (Å²) in [4.78, 5) is 73.1. The molecule has 0 aliphatic carbocycles. The molecule has 1 heterocycles. The Morgan fingerprint density at radius 2 is 1.58 bits per heavy atom. The maximum absolute atomic E-state index is 12.0. The van der Waals surface area contributed by atoms with Gasteiger partial charge < -0.3 is 14.3 Å². The molecule has 1 aliphatic heterocycles. The maximum atomic E-state index is 12.0. The van der Waals surface area contributed by atoms with Crippen molar-refractivity contribution < 1.29 is 43.1 Å². The first kappa shape index (κ1) is 19.3. The Bertz CT molecular complexity index is 567. The summed E-state index contributed by atoms with van der Waals surface area (Å²) in [5, 5.41) is 0.266. The van der Waals surface area contributed by atoms with Crippen molar-refractivity contribution in [2.24, 2.45) is 0 Å². The van der Waals surface area contributed by atoms with E-state index in [1.54, 1.807) is 0 Å². The molecular formula is C14H17NO9. The highest BCUT2D eigenvalue weighted by Gasteiger charge is 2.37. The smallest absolute Gasteiger partial charge is 0.374 e. The average Bonchev–Trinajstić information content (AvgIpc) is 2.77. The zero-order chi connectivity index (χ0) is 18.4. The summed E-state index contributed by atoms with van der Waals surface area (Å²) in [6, 6.07) is 0. The molecule has 1 saturated heterocycles. The van der Waals surface area contributed by atoms with Crippen molar-refractivity contribution in [3.05, 3.63) is 0 Å². The Kier molecular flexibility index (Phi) is 6.57. The summed E-state index contributed by atoms with van der Waals surface area (Å²) in [6.45, 7) is 3.54. The number of esters is 2. The molecule has 0 aromatic heterocycles. The van der Waals surface area contributed by atoms with Crippen molar-refractivity contribution in [1.82, 2.24) is 5.06 Å². The zero-order valence-corrected chi connectivity index (χ0v) is 13.4. The number of hydrogen-bond donors (Lipinski definition) is 0. The summed E-state index contributed by atoms with van der Waals surface area (Å²) >= 11 is 0. The third-order valence-corrected chi connectivity index (χ3v) is 2.99. The van der Waals surface area contributed by atoms with E-state index >= 15 is 0 Å². The Morgan fingerprint density at radius 3 is 2.04 bits per heavy atom. The lowest BCUT2D eigenvalue weighted by Gasteiger charge is -2.19. The van der Waals surface area contributed by atoms with E-state index in [1.165, 1.54) is 13.8 Å². The normalized spacial score (nSPS) is 16.4. The summed E-state index contributed by atoms with van der Waals surface area (Å²) in [7, 11) is 0. The average molecular weight is 343 g/mol. The lowest BCUT2D eigenvalue weighted by atomic mass is 10.2. The monoisotopic (exact) mass is 343 g/mol. The van der Waals surface area contributed by atoms with Gasteiger partial charge in [-0.1, -0.05) is 0 Å². The van der Waals surface area contributed by atoms with Gasteiger partial charge in [0.2, 0.25) is 6.10 Å². The molecule has 0 spiro atoms. The molecule has 0 saturated carbocycles. The molecule has 0 aromatic carbocycles. The third-order valence-electron chi connectivity index (χ3n) is 2.99. The molecule has 0 radical (unpaired) electrons. The van der Waals surface area contributed by atoms with Crippen molar-refractivity contribution in [3.63, 3.8) is 0 Å². The lowest BCUT2D eigenvalue weighted by molar-refractivity contribution is -0.206. The number of ketones is 1. The molecule has 0 unspecified atom stereocenters. The molecule has 1 rings (SSSR count). The van der Waals surface area contributed by atoms with Crippen LogP contribution in [0.1, 0.15) is 40.0 Å². The van der Waals surface area contributed by atoms with E-state index < -0.39 is 54.1 Å². The first-order valence-corrected chi connectivity index (χ1v) is 7.06. The van der Waals surface area contributed by atoms with E-state index in [4.69, 9.17) is 4.74 Å². The summed E-state index contributed by atoms with van der Waals surface area (Å²) < 4.78 is 9.41. The van der Waals surface area contributed by atoms with Gasteiger partial charge in [0.25, 0.3) is 11.8 Å². The Hall–Kier alpha value is -2.78. The van der Waals surface area contributed by atoms with Crippen LogP contribution >= 0.6 is 0 Å². The van der Waals surface area contributed by atoms with Crippen LogP contribution in [-0.4, -0.2) is 52.8 Å². The zero-order valence-electron chi connectivity index (χ0n) is 13.4. The van der Waals surface area contributed by atoms with Crippen LogP contribution in [0.25, 0.3) is 0 Å². The summed E-state index contributed by atoms with van der Waals surface area (Å²) in [5.74, 6) is -5.00. The van der Waals surface area contributed by atoms with E-state index in [2.05, 4.69) is 9.57 Å². The van der Waals surface area contributed by atoms with Crippen LogP contribution in [0.4, 0.5) is 0 Å². The van der Waals surface area contributed by atoms with Gasteiger partial charge in [-0.25, -0.2) is 4.79 Å². The van der Waals surface area contributed by atoms with Crippen LogP contribution in [0.3, 0.4) is 0 Å². The summed E-state index contributed by atoms with van der Waals surface area (Å²) in [6.07, 6.45) is -3.69. The highest BCUT2D eigenvalue weighted by molar-refractivity contribution is 6.02. The number of nitrogens with zero attached hydrogens (tertiary/aromatic N) is 1. The number of hydrogen-bond acceptors (Lipinski definition) is 9. The molecule has 2 amide bonds. The van der Waals surface area contributed by atoms with Gasteiger partial charge in [-0.15, -0.1) is 5.06 Å². The van der Waals surface area contributed by atoms with E-state index in [-0.39, 0.29) is 17.9 Å². The fourth-order valence-electron chi connectivity index (χ4n) is 1.66. The minimum Gasteiger partial charge on any atom is -0.455 e. The number of imide groups is 1. The van der Waals surface area contributed by atoms with Gasteiger partial charge in [0.15, 0.2) is 11.9 Å². The Balaban J connectivity index is 2.73. The van der Waals surface area contributed by atoms with Gasteiger partial charge in [0.1, 0.15) is 0 Å². The van der Waals surface area contributed by atoms with Crippen LogP contribution in [-0.2, 0) is 43.1 Å². The molecule has 10 nitrogen and oxygen atoms in total. The molecule has 1 fully saturated rings. The van der Waals surface area contributed by atoms with Crippen molar-refractivity contribution >= 4 is 35.5 Å². The maximum Gasteiger partial charge on any atom is 0.374 e. The number of amides is 2. The minimum absolute atomic E-state index is 0.109. The van der Waals surface area contributed by atoms with Crippen molar-refractivity contribution in [1.29, 1.82) is 0 Å². The second kappa shape index (κ2) is 8.18. The number of rotatable bonds is 7.